The number of carbonyl (C=O) groups is 2. The number of terminal acetylenes is 1. The van der Waals surface area contributed by atoms with E-state index in [1.165, 1.54) is 4.90 Å². The third-order valence-electron chi connectivity index (χ3n) is 5.17. The molecule has 1 aliphatic heterocycles. The molecule has 3 rings (SSSR count). The Kier molecular flexibility index (Phi) is 9.30. The number of imide groups is 1. The van der Waals surface area contributed by atoms with Crippen LogP contribution in [0.5, 0.6) is 17.2 Å². The first-order chi connectivity index (χ1) is 16.7. The predicted molar refractivity (Wildman–Crippen MR) is 143 cm³/mol. The van der Waals surface area contributed by atoms with E-state index in [1.807, 2.05) is 26.0 Å². The molecule has 0 saturated carbocycles. The fourth-order valence-corrected chi connectivity index (χ4v) is 4.96. The highest BCUT2D eigenvalue weighted by Crippen LogP contribution is 2.39. The molecule has 35 heavy (non-hydrogen) atoms. The molecule has 1 saturated heterocycles. The zero-order valence-electron chi connectivity index (χ0n) is 20.2. The van der Waals surface area contributed by atoms with Crippen molar-refractivity contribution < 1.29 is 23.8 Å². The molecule has 8 heteroatoms. The van der Waals surface area contributed by atoms with E-state index >= 15 is 0 Å². The standard InChI is InChI=1S/C27H28BrNO5S/c1-6-11-34-25-21(28)14-19(15-23(25)32-7-2)16-24-26(30)29(27(31)35-24)10-12-33-22-13-18(5)8-9-20(22)17(3)4/h1,8-9,13-17H,7,10-12H2,2-5H3/b24-16-. The van der Waals surface area contributed by atoms with Crippen LogP contribution in [0.15, 0.2) is 39.7 Å². The second-order valence-electron chi connectivity index (χ2n) is 8.13. The molecule has 0 aliphatic carbocycles. The number of hydrogen-bond acceptors (Lipinski definition) is 6. The molecule has 6 nitrogen and oxygen atoms in total. The molecule has 1 fully saturated rings. The van der Waals surface area contributed by atoms with Crippen molar-refractivity contribution in [1.29, 1.82) is 0 Å². The van der Waals surface area contributed by atoms with Crippen LogP contribution in [0.25, 0.3) is 6.08 Å². The Balaban J connectivity index is 1.74. The molecule has 0 spiro atoms. The Labute approximate surface area is 219 Å². The number of hydrogen-bond donors (Lipinski definition) is 0. The molecule has 2 amide bonds. The molecule has 1 aliphatic rings. The van der Waals surface area contributed by atoms with E-state index < -0.39 is 0 Å². The number of rotatable bonds is 10. The van der Waals surface area contributed by atoms with E-state index in [-0.39, 0.29) is 30.9 Å². The zero-order valence-corrected chi connectivity index (χ0v) is 22.6. The minimum absolute atomic E-state index is 0.0974. The summed E-state index contributed by atoms with van der Waals surface area (Å²) in [6, 6.07) is 9.62. The number of carbonyl (C=O) groups excluding carboxylic acids is 2. The van der Waals surface area contributed by atoms with Gasteiger partial charge in [-0.3, -0.25) is 14.5 Å². The number of benzene rings is 2. The van der Waals surface area contributed by atoms with Crippen LogP contribution in [0.4, 0.5) is 4.79 Å². The smallest absolute Gasteiger partial charge is 0.293 e. The number of amides is 2. The van der Waals surface area contributed by atoms with Crippen molar-refractivity contribution in [2.45, 2.75) is 33.6 Å². The number of aryl methyl sites for hydroxylation is 1. The van der Waals surface area contributed by atoms with Gasteiger partial charge >= 0.3 is 0 Å². The van der Waals surface area contributed by atoms with Crippen LogP contribution in [0, 0.1) is 19.3 Å². The monoisotopic (exact) mass is 557 g/mol. The summed E-state index contributed by atoms with van der Waals surface area (Å²) in [5, 5.41) is -0.323. The normalized spacial score (nSPS) is 14.5. The van der Waals surface area contributed by atoms with Crippen LogP contribution in [0.3, 0.4) is 0 Å². The van der Waals surface area contributed by atoms with E-state index in [0.29, 0.717) is 39.0 Å². The van der Waals surface area contributed by atoms with Crippen molar-refractivity contribution in [3.8, 4) is 29.6 Å². The van der Waals surface area contributed by atoms with Gasteiger partial charge in [-0.05, 0) is 88.4 Å². The summed E-state index contributed by atoms with van der Waals surface area (Å²) in [6.07, 6.45) is 6.97. The van der Waals surface area contributed by atoms with Crippen molar-refractivity contribution in [2.24, 2.45) is 0 Å². The van der Waals surface area contributed by atoms with E-state index in [2.05, 4.69) is 41.8 Å². The summed E-state index contributed by atoms with van der Waals surface area (Å²) in [7, 11) is 0. The summed E-state index contributed by atoms with van der Waals surface area (Å²) < 4.78 is 17.9. The first-order valence-corrected chi connectivity index (χ1v) is 12.9. The molecular formula is C27H28BrNO5S. The summed E-state index contributed by atoms with van der Waals surface area (Å²) in [5.41, 5.74) is 2.87. The third kappa shape index (κ3) is 6.62. The van der Waals surface area contributed by atoms with E-state index in [4.69, 9.17) is 20.6 Å². The minimum atomic E-state index is -0.348. The Hall–Kier alpha value is -2.89. The van der Waals surface area contributed by atoms with Gasteiger partial charge in [0.05, 0.1) is 22.5 Å². The number of ether oxygens (including phenoxy) is 3. The van der Waals surface area contributed by atoms with Crippen molar-refractivity contribution >= 4 is 44.9 Å². The molecule has 184 valence electrons. The fraction of sp³-hybridized carbons (Fsp3) is 0.333. The topological polar surface area (TPSA) is 65.1 Å². The lowest BCUT2D eigenvalue weighted by Gasteiger charge is -2.17. The maximum absolute atomic E-state index is 13.0. The Bertz CT molecular complexity index is 1180. The summed E-state index contributed by atoms with van der Waals surface area (Å²) >= 11 is 4.38. The molecule has 0 aromatic heterocycles. The minimum Gasteiger partial charge on any atom is -0.491 e. The molecule has 2 aromatic carbocycles. The van der Waals surface area contributed by atoms with E-state index in [1.54, 1.807) is 18.2 Å². The average molecular weight is 558 g/mol. The molecular weight excluding hydrogens is 530 g/mol. The van der Waals surface area contributed by atoms with Crippen LogP contribution >= 0.6 is 27.7 Å². The van der Waals surface area contributed by atoms with Gasteiger partial charge in [-0.2, -0.15) is 0 Å². The van der Waals surface area contributed by atoms with Gasteiger partial charge in [0.1, 0.15) is 19.0 Å². The second-order valence-corrected chi connectivity index (χ2v) is 9.98. The number of thioether (sulfide) groups is 1. The summed E-state index contributed by atoms with van der Waals surface area (Å²) in [4.78, 5) is 27.1. The lowest BCUT2D eigenvalue weighted by Crippen LogP contribution is -2.32. The zero-order chi connectivity index (χ0) is 25.5. The van der Waals surface area contributed by atoms with Crippen LogP contribution in [0.1, 0.15) is 43.4 Å². The van der Waals surface area contributed by atoms with Crippen molar-refractivity contribution in [3.05, 3.63) is 56.4 Å². The number of halogens is 1. The average Bonchev–Trinajstić information content (AvgIpc) is 3.06. The van der Waals surface area contributed by atoms with Crippen LogP contribution in [-0.4, -0.2) is 42.4 Å². The van der Waals surface area contributed by atoms with E-state index in [9.17, 15) is 9.59 Å². The first kappa shape index (κ1) is 26.7. The quantitative estimate of drug-likeness (QED) is 0.248. The van der Waals surface area contributed by atoms with Gasteiger partial charge in [-0.25, -0.2) is 0 Å². The van der Waals surface area contributed by atoms with Gasteiger partial charge in [0, 0.05) is 0 Å². The highest BCUT2D eigenvalue weighted by Gasteiger charge is 2.35. The first-order valence-electron chi connectivity index (χ1n) is 11.3. The molecule has 0 unspecified atom stereocenters. The third-order valence-corrected chi connectivity index (χ3v) is 6.66. The van der Waals surface area contributed by atoms with Crippen molar-refractivity contribution in [2.75, 3.05) is 26.4 Å². The van der Waals surface area contributed by atoms with Crippen molar-refractivity contribution in [1.82, 2.24) is 4.90 Å². The van der Waals surface area contributed by atoms with Crippen molar-refractivity contribution in [3.63, 3.8) is 0 Å². The van der Waals surface area contributed by atoms with Gasteiger partial charge in [-0.15, -0.1) is 6.42 Å². The lowest BCUT2D eigenvalue weighted by molar-refractivity contribution is -0.123. The molecule has 0 N–H and O–H groups in total. The lowest BCUT2D eigenvalue weighted by atomic mass is 10.0. The SMILES string of the molecule is C#CCOc1c(Br)cc(/C=C2\SC(=O)N(CCOc3cc(C)ccc3C(C)C)C2=O)cc1OCC. The van der Waals surface area contributed by atoms with Gasteiger partial charge in [0.15, 0.2) is 11.5 Å². The molecule has 1 heterocycles. The van der Waals surface area contributed by atoms with Gasteiger partial charge in [0.2, 0.25) is 0 Å². The summed E-state index contributed by atoms with van der Waals surface area (Å²) in [6.45, 7) is 8.97. The Morgan fingerprint density at radius 2 is 1.91 bits per heavy atom. The highest BCUT2D eigenvalue weighted by atomic mass is 79.9. The van der Waals surface area contributed by atoms with Crippen LogP contribution < -0.4 is 14.2 Å². The van der Waals surface area contributed by atoms with E-state index in [0.717, 1.165) is 28.6 Å². The molecule has 0 bridgehead atoms. The molecule has 2 aromatic rings. The van der Waals surface area contributed by atoms with Crippen LogP contribution in [0.2, 0.25) is 0 Å². The maximum Gasteiger partial charge on any atom is 0.293 e. The summed E-state index contributed by atoms with van der Waals surface area (Å²) in [5.74, 6) is 4.15. The van der Waals surface area contributed by atoms with Gasteiger partial charge in [-0.1, -0.05) is 31.9 Å². The second kappa shape index (κ2) is 12.2. The highest BCUT2D eigenvalue weighted by molar-refractivity contribution is 9.10. The predicted octanol–water partition coefficient (Wildman–Crippen LogP) is 6.41. The Morgan fingerprint density at radius 1 is 1.14 bits per heavy atom. The van der Waals surface area contributed by atoms with Crippen LogP contribution in [-0.2, 0) is 4.79 Å². The molecule has 0 radical (unpaired) electrons. The number of nitrogens with zero attached hydrogens (tertiary/aromatic N) is 1. The maximum atomic E-state index is 13.0. The van der Waals surface area contributed by atoms with Gasteiger partial charge < -0.3 is 14.2 Å². The Morgan fingerprint density at radius 3 is 2.60 bits per heavy atom. The molecule has 0 atom stereocenters. The van der Waals surface area contributed by atoms with Gasteiger partial charge in [0.25, 0.3) is 11.1 Å². The largest absolute Gasteiger partial charge is 0.491 e. The fourth-order valence-electron chi connectivity index (χ4n) is 3.52.